The fraction of sp³-hybridized carbons (Fsp3) is 0.481. The number of Topliss-reactive ketones (excluding diaryl/α,β-unsaturated/α-hetero) is 1. The SMILES string of the molecule is CCc1cc(F)cc2nc(CCCC(=O)CC(C)(O)c3ccccc3)n(C3(C)CCC3)c12. The largest absolute Gasteiger partial charge is 0.385 e. The first kappa shape index (κ1) is 22.7. The summed E-state index contributed by atoms with van der Waals surface area (Å²) in [7, 11) is 0. The topological polar surface area (TPSA) is 55.1 Å². The zero-order valence-electron chi connectivity index (χ0n) is 19.3. The minimum Gasteiger partial charge on any atom is -0.385 e. The van der Waals surface area contributed by atoms with Gasteiger partial charge in [0.2, 0.25) is 0 Å². The van der Waals surface area contributed by atoms with E-state index in [0.29, 0.717) is 24.8 Å². The lowest BCUT2D eigenvalue weighted by Crippen LogP contribution is -2.38. The number of hydrogen-bond donors (Lipinski definition) is 1. The molecule has 4 nitrogen and oxygen atoms in total. The van der Waals surface area contributed by atoms with Crippen molar-refractivity contribution in [2.45, 2.75) is 83.3 Å². The predicted molar refractivity (Wildman–Crippen MR) is 125 cm³/mol. The van der Waals surface area contributed by atoms with Gasteiger partial charge in [-0.25, -0.2) is 9.37 Å². The number of fused-ring (bicyclic) bond motifs is 1. The van der Waals surface area contributed by atoms with Crippen LogP contribution >= 0.6 is 0 Å². The van der Waals surface area contributed by atoms with E-state index >= 15 is 0 Å². The Morgan fingerprint density at radius 3 is 2.59 bits per heavy atom. The average molecular weight is 437 g/mol. The van der Waals surface area contributed by atoms with Crippen molar-refractivity contribution in [3.8, 4) is 0 Å². The zero-order chi connectivity index (χ0) is 22.9. The van der Waals surface area contributed by atoms with E-state index in [-0.39, 0.29) is 23.6 Å². The number of nitrogens with zero attached hydrogens (tertiary/aromatic N) is 2. The van der Waals surface area contributed by atoms with Gasteiger partial charge in [0.25, 0.3) is 0 Å². The third-order valence-corrected chi connectivity index (χ3v) is 7.01. The normalized spacial score (nSPS) is 17.2. The predicted octanol–water partition coefficient (Wildman–Crippen LogP) is 5.83. The number of carbonyl (C=O) groups excluding carboxylic acids is 1. The van der Waals surface area contributed by atoms with Crippen molar-refractivity contribution in [1.29, 1.82) is 0 Å². The summed E-state index contributed by atoms with van der Waals surface area (Å²) in [6, 6.07) is 12.5. The molecule has 0 saturated heterocycles. The molecular weight excluding hydrogens is 403 g/mol. The molecule has 1 heterocycles. The summed E-state index contributed by atoms with van der Waals surface area (Å²) < 4.78 is 16.5. The maximum Gasteiger partial charge on any atom is 0.136 e. The number of carbonyl (C=O) groups is 1. The molecular formula is C27H33FN2O2. The molecule has 5 heteroatoms. The molecule has 1 unspecified atom stereocenters. The van der Waals surface area contributed by atoms with Crippen LogP contribution in [0.2, 0.25) is 0 Å². The number of hydrogen-bond acceptors (Lipinski definition) is 3. The van der Waals surface area contributed by atoms with Crippen LogP contribution in [0.25, 0.3) is 11.0 Å². The molecule has 1 atom stereocenters. The minimum absolute atomic E-state index is 0.00677. The molecule has 1 aliphatic carbocycles. The highest BCUT2D eigenvalue weighted by atomic mass is 19.1. The van der Waals surface area contributed by atoms with Gasteiger partial charge in [-0.1, -0.05) is 37.3 Å². The van der Waals surface area contributed by atoms with Crippen LogP contribution in [0.3, 0.4) is 0 Å². The van der Waals surface area contributed by atoms with E-state index in [2.05, 4.69) is 11.5 Å². The number of aliphatic hydroxyl groups is 1. The molecule has 1 saturated carbocycles. The second kappa shape index (κ2) is 8.78. The van der Waals surface area contributed by atoms with Crippen molar-refractivity contribution in [3.63, 3.8) is 0 Å². The van der Waals surface area contributed by atoms with E-state index in [4.69, 9.17) is 4.98 Å². The number of benzene rings is 2. The maximum atomic E-state index is 14.2. The summed E-state index contributed by atoms with van der Waals surface area (Å²) in [5.41, 5.74) is 2.34. The molecule has 1 aromatic heterocycles. The average Bonchev–Trinajstić information content (AvgIpc) is 3.10. The first-order valence-electron chi connectivity index (χ1n) is 11.7. The van der Waals surface area contributed by atoms with Crippen LogP contribution in [-0.4, -0.2) is 20.4 Å². The van der Waals surface area contributed by atoms with E-state index < -0.39 is 5.60 Å². The van der Waals surface area contributed by atoms with E-state index in [0.717, 1.165) is 41.7 Å². The van der Waals surface area contributed by atoms with E-state index in [1.165, 1.54) is 12.5 Å². The highest BCUT2D eigenvalue weighted by Crippen LogP contribution is 2.42. The number of aromatic nitrogens is 2. The van der Waals surface area contributed by atoms with Gasteiger partial charge in [0, 0.05) is 30.9 Å². The minimum atomic E-state index is -1.17. The standard InChI is InChI=1S/C27H33FN2O2/c1-4-19-16-21(28)17-23-25(19)30(26(2)14-9-15-26)24(29-23)13-8-12-22(31)18-27(3,32)20-10-6-5-7-11-20/h5-7,10-11,16-17,32H,4,8-9,12-15,18H2,1-3H3. The van der Waals surface area contributed by atoms with Crippen LogP contribution in [0.15, 0.2) is 42.5 Å². The maximum absolute atomic E-state index is 14.2. The molecule has 3 aromatic rings. The van der Waals surface area contributed by atoms with Crippen LogP contribution in [0.1, 0.15) is 76.2 Å². The van der Waals surface area contributed by atoms with Gasteiger partial charge >= 0.3 is 0 Å². The summed E-state index contributed by atoms with van der Waals surface area (Å²) in [6.07, 6.45) is 5.92. The van der Waals surface area contributed by atoms with Crippen molar-refractivity contribution in [3.05, 3.63) is 65.2 Å². The van der Waals surface area contributed by atoms with Gasteiger partial charge in [-0.2, -0.15) is 0 Å². The molecule has 0 spiro atoms. The summed E-state index contributed by atoms with van der Waals surface area (Å²) in [5, 5.41) is 10.8. The number of imidazole rings is 1. The molecule has 170 valence electrons. The van der Waals surface area contributed by atoms with E-state index in [1.807, 2.05) is 37.3 Å². The molecule has 0 bridgehead atoms. The van der Waals surface area contributed by atoms with Crippen molar-refractivity contribution >= 4 is 16.8 Å². The molecule has 0 aliphatic heterocycles. The molecule has 4 rings (SSSR count). The highest BCUT2D eigenvalue weighted by molar-refractivity contribution is 5.81. The van der Waals surface area contributed by atoms with Gasteiger partial charge in [0.15, 0.2) is 0 Å². The quantitative estimate of drug-likeness (QED) is 0.459. The van der Waals surface area contributed by atoms with Crippen LogP contribution in [-0.2, 0) is 28.8 Å². The zero-order valence-corrected chi connectivity index (χ0v) is 19.3. The summed E-state index contributed by atoms with van der Waals surface area (Å²) in [4.78, 5) is 17.5. The Morgan fingerprint density at radius 2 is 1.97 bits per heavy atom. The molecule has 0 radical (unpaired) electrons. The lowest BCUT2D eigenvalue weighted by molar-refractivity contribution is -0.123. The first-order chi connectivity index (χ1) is 15.2. The third-order valence-electron chi connectivity index (χ3n) is 7.01. The Balaban J connectivity index is 1.51. The second-order valence-electron chi connectivity index (χ2n) is 9.71. The van der Waals surface area contributed by atoms with Gasteiger partial charge in [0.1, 0.15) is 17.4 Å². The van der Waals surface area contributed by atoms with Crippen LogP contribution < -0.4 is 0 Å². The van der Waals surface area contributed by atoms with Crippen LogP contribution in [0.5, 0.6) is 0 Å². The first-order valence-corrected chi connectivity index (χ1v) is 11.7. The Hall–Kier alpha value is -2.53. The molecule has 0 amide bonds. The van der Waals surface area contributed by atoms with Gasteiger partial charge in [-0.15, -0.1) is 0 Å². The number of aryl methyl sites for hydroxylation is 2. The highest BCUT2D eigenvalue weighted by Gasteiger charge is 2.37. The number of halogens is 1. The summed E-state index contributed by atoms with van der Waals surface area (Å²) in [5.74, 6) is 0.726. The monoisotopic (exact) mass is 436 g/mol. The lowest BCUT2D eigenvalue weighted by Gasteiger charge is -2.41. The van der Waals surface area contributed by atoms with Crippen molar-refractivity contribution in [2.24, 2.45) is 0 Å². The van der Waals surface area contributed by atoms with Gasteiger partial charge in [0.05, 0.1) is 16.6 Å². The molecule has 2 aromatic carbocycles. The molecule has 1 N–H and O–H groups in total. The Labute approximate surface area is 189 Å². The van der Waals surface area contributed by atoms with E-state index in [1.54, 1.807) is 13.0 Å². The van der Waals surface area contributed by atoms with Crippen molar-refractivity contribution in [1.82, 2.24) is 9.55 Å². The Bertz CT molecular complexity index is 1110. The Kier molecular flexibility index (Phi) is 6.22. The molecule has 1 aliphatic rings. The smallest absolute Gasteiger partial charge is 0.136 e. The van der Waals surface area contributed by atoms with Crippen LogP contribution in [0.4, 0.5) is 4.39 Å². The van der Waals surface area contributed by atoms with Gasteiger partial charge in [-0.3, -0.25) is 4.79 Å². The summed E-state index contributed by atoms with van der Waals surface area (Å²) >= 11 is 0. The van der Waals surface area contributed by atoms with Gasteiger partial charge in [-0.05, 0) is 63.1 Å². The fourth-order valence-corrected chi connectivity index (χ4v) is 5.05. The van der Waals surface area contributed by atoms with Crippen LogP contribution in [0, 0.1) is 5.82 Å². The lowest BCUT2D eigenvalue weighted by atomic mass is 9.77. The second-order valence-corrected chi connectivity index (χ2v) is 9.71. The van der Waals surface area contributed by atoms with E-state index in [9.17, 15) is 14.3 Å². The van der Waals surface area contributed by atoms with Crippen molar-refractivity contribution < 1.29 is 14.3 Å². The fourth-order valence-electron chi connectivity index (χ4n) is 5.05. The number of rotatable bonds is 9. The van der Waals surface area contributed by atoms with Gasteiger partial charge < -0.3 is 9.67 Å². The molecule has 1 fully saturated rings. The number of ketones is 1. The third kappa shape index (κ3) is 4.36. The Morgan fingerprint density at radius 1 is 1.25 bits per heavy atom. The van der Waals surface area contributed by atoms with Crippen molar-refractivity contribution in [2.75, 3.05) is 0 Å². The summed E-state index contributed by atoms with van der Waals surface area (Å²) in [6.45, 7) is 6.00. The molecule has 32 heavy (non-hydrogen) atoms.